The summed E-state index contributed by atoms with van der Waals surface area (Å²) in [6.07, 6.45) is -0.110. The van der Waals surface area contributed by atoms with Gasteiger partial charge < -0.3 is 10.1 Å². The van der Waals surface area contributed by atoms with Crippen molar-refractivity contribution in [3.05, 3.63) is 84.2 Å². The molecule has 0 fully saturated rings. The maximum Gasteiger partial charge on any atom is 0.265 e. The van der Waals surface area contributed by atoms with Crippen LogP contribution in [0.25, 0.3) is 0 Å². The Morgan fingerprint density at radius 2 is 1.59 bits per heavy atom. The Balaban J connectivity index is 1.39. The largest absolute Gasteiger partial charge is 0.480 e. The number of nitrogens with one attached hydrogen (secondary N) is 2. The molecule has 0 saturated heterocycles. The van der Waals surface area contributed by atoms with Gasteiger partial charge in [-0.25, -0.2) is 12.8 Å². The molecule has 0 aromatic heterocycles. The first-order chi connectivity index (χ1) is 13.9. The number of anilines is 2. The summed E-state index contributed by atoms with van der Waals surface area (Å²) in [4.78, 5) is 12.4. The highest BCUT2D eigenvalue weighted by molar-refractivity contribution is 7.92. The van der Waals surface area contributed by atoms with Gasteiger partial charge in [0.15, 0.2) is 6.10 Å². The van der Waals surface area contributed by atoms with E-state index in [0.717, 1.165) is 17.7 Å². The lowest BCUT2D eigenvalue weighted by molar-refractivity contribution is -0.122. The minimum Gasteiger partial charge on any atom is -0.480 e. The fourth-order valence-corrected chi connectivity index (χ4v) is 4.06. The molecule has 1 atom stereocenters. The Kier molecular flexibility index (Phi) is 4.94. The molecule has 0 radical (unpaired) electrons. The van der Waals surface area contributed by atoms with Gasteiger partial charge in [0.2, 0.25) is 0 Å². The zero-order valence-electron chi connectivity index (χ0n) is 15.1. The molecular formula is C21H17FN2O4S. The zero-order chi connectivity index (χ0) is 20.4. The summed E-state index contributed by atoms with van der Waals surface area (Å²) < 4.78 is 45.7. The predicted octanol–water partition coefficient (Wildman–Crippen LogP) is 3.57. The molecule has 0 spiro atoms. The van der Waals surface area contributed by atoms with Crippen LogP contribution in [0.1, 0.15) is 5.56 Å². The van der Waals surface area contributed by atoms with Gasteiger partial charge in [0.05, 0.1) is 4.90 Å². The van der Waals surface area contributed by atoms with Gasteiger partial charge in [-0.3, -0.25) is 9.52 Å². The summed E-state index contributed by atoms with van der Waals surface area (Å²) in [5.41, 5.74) is 1.81. The van der Waals surface area contributed by atoms with Crippen molar-refractivity contribution in [2.24, 2.45) is 0 Å². The van der Waals surface area contributed by atoms with Crippen LogP contribution in [0.3, 0.4) is 0 Å². The first-order valence-corrected chi connectivity index (χ1v) is 10.3. The number of hydrogen-bond acceptors (Lipinski definition) is 4. The lowest BCUT2D eigenvalue weighted by Gasteiger charge is -2.12. The molecule has 29 heavy (non-hydrogen) atoms. The Labute approximate surface area is 167 Å². The SMILES string of the molecule is O=C(Nc1ccc(NS(=O)(=O)c2ccc(F)cc2)cc1)[C@@H]1Cc2ccccc2O1. The van der Waals surface area contributed by atoms with Crippen molar-refractivity contribution < 1.29 is 22.3 Å². The van der Waals surface area contributed by atoms with Gasteiger partial charge in [-0.1, -0.05) is 18.2 Å². The first kappa shape index (κ1) is 18.9. The first-order valence-electron chi connectivity index (χ1n) is 8.85. The molecular weight excluding hydrogens is 395 g/mol. The molecule has 6 nitrogen and oxygen atoms in total. The molecule has 3 aromatic rings. The number of carbonyl (C=O) groups excluding carboxylic acids is 1. The van der Waals surface area contributed by atoms with E-state index in [-0.39, 0.29) is 10.8 Å². The van der Waals surface area contributed by atoms with Crippen molar-refractivity contribution >= 4 is 27.3 Å². The minimum atomic E-state index is -3.83. The molecule has 1 aliphatic heterocycles. The Morgan fingerprint density at radius 1 is 0.931 bits per heavy atom. The molecule has 3 aromatic carbocycles. The third-order valence-corrected chi connectivity index (χ3v) is 5.87. The topological polar surface area (TPSA) is 84.5 Å². The number of ether oxygens (including phenoxy) is 1. The third kappa shape index (κ3) is 4.22. The van der Waals surface area contributed by atoms with Gasteiger partial charge in [0.25, 0.3) is 15.9 Å². The Hall–Kier alpha value is -3.39. The van der Waals surface area contributed by atoms with Crippen LogP contribution >= 0.6 is 0 Å². The second-order valence-electron chi connectivity index (χ2n) is 6.54. The minimum absolute atomic E-state index is 0.0470. The van der Waals surface area contributed by atoms with Gasteiger partial charge in [0.1, 0.15) is 11.6 Å². The number of fused-ring (bicyclic) bond motifs is 1. The third-order valence-electron chi connectivity index (χ3n) is 4.47. The second kappa shape index (κ2) is 7.56. The summed E-state index contributed by atoms with van der Waals surface area (Å²) in [6, 6.07) is 18.3. The van der Waals surface area contributed by atoms with E-state index >= 15 is 0 Å². The van der Waals surface area contributed by atoms with E-state index in [1.54, 1.807) is 12.1 Å². The number of amides is 1. The van der Waals surface area contributed by atoms with Gasteiger partial charge in [0, 0.05) is 17.8 Å². The lowest BCUT2D eigenvalue weighted by Crippen LogP contribution is -2.31. The average Bonchev–Trinajstić information content (AvgIpc) is 3.14. The Morgan fingerprint density at radius 3 is 2.28 bits per heavy atom. The van der Waals surface area contributed by atoms with Crippen molar-refractivity contribution in [2.75, 3.05) is 10.0 Å². The van der Waals surface area contributed by atoms with Crippen LogP contribution in [0.4, 0.5) is 15.8 Å². The molecule has 0 saturated carbocycles. The second-order valence-corrected chi connectivity index (χ2v) is 8.23. The van der Waals surface area contributed by atoms with Crippen LogP contribution in [-0.2, 0) is 21.2 Å². The van der Waals surface area contributed by atoms with Crippen LogP contribution in [0.2, 0.25) is 0 Å². The average molecular weight is 412 g/mol. The van der Waals surface area contributed by atoms with Crippen molar-refractivity contribution in [2.45, 2.75) is 17.4 Å². The molecule has 1 amide bonds. The van der Waals surface area contributed by atoms with Gasteiger partial charge >= 0.3 is 0 Å². The van der Waals surface area contributed by atoms with E-state index in [1.807, 2.05) is 24.3 Å². The van der Waals surface area contributed by atoms with Crippen LogP contribution in [0.15, 0.2) is 77.7 Å². The van der Waals surface area contributed by atoms with Crippen LogP contribution in [0, 0.1) is 5.82 Å². The van der Waals surface area contributed by atoms with E-state index in [4.69, 9.17) is 4.74 Å². The fraction of sp³-hybridized carbons (Fsp3) is 0.0952. The van der Waals surface area contributed by atoms with E-state index in [2.05, 4.69) is 10.0 Å². The van der Waals surface area contributed by atoms with E-state index in [0.29, 0.717) is 23.5 Å². The summed E-state index contributed by atoms with van der Waals surface area (Å²) in [5.74, 6) is -0.0857. The zero-order valence-corrected chi connectivity index (χ0v) is 15.9. The molecule has 1 aliphatic rings. The van der Waals surface area contributed by atoms with Crippen LogP contribution in [-0.4, -0.2) is 20.4 Å². The smallest absolute Gasteiger partial charge is 0.265 e. The number of carbonyl (C=O) groups is 1. The number of halogens is 1. The lowest BCUT2D eigenvalue weighted by atomic mass is 10.1. The molecule has 4 rings (SSSR count). The maximum absolute atomic E-state index is 13.0. The normalized spacial score (nSPS) is 15.3. The van der Waals surface area contributed by atoms with Crippen molar-refractivity contribution in [1.29, 1.82) is 0 Å². The van der Waals surface area contributed by atoms with E-state index < -0.39 is 21.9 Å². The highest BCUT2D eigenvalue weighted by Crippen LogP contribution is 2.29. The van der Waals surface area contributed by atoms with Gasteiger partial charge in [-0.2, -0.15) is 0 Å². The fourth-order valence-electron chi connectivity index (χ4n) is 3.00. The molecule has 0 unspecified atom stereocenters. The summed E-state index contributed by atoms with van der Waals surface area (Å²) in [7, 11) is -3.83. The molecule has 0 aliphatic carbocycles. The standard InChI is InChI=1S/C21H17FN2O4S/c22-15-5-11-18(12-6-15)29(26,27)24-17-9-7-16(8-10-17)23-21(25)20-13-14-3-1-2-4-19(14)28-20/h1-12,20,24H,13H2,(H,23,25)/t20-/m0/s1. The van der Waals surface area contributed by atoms with Crippen LogP contribution < -0.4 is 14.8 Å². The van der Waals surface area contributed by atoms with Gasteiger partial charge in [-0.05, 0) is 60.2 Å². The molecule has 8 heteroatoms. The molecule has 2 N–H and O–H groups in total. The summed E-state index contributed by atoms with van der Waals surface area (Å²) in [6.45, 7) is 0. The van der Waals surface area contributed by atoms with E-state index in [9.17, 15) is 17.6 Å². The highest BCUT2D eigenvalue weighted by Gasteiger charge is 2.28. The molecule has 0 bridgehead atoms. The number of hydrogen-bond donors (Lipinski definition) is 2. The monoisotopic (exact) mass is 412 g/mol. The molecule has 1 heterocycles. The molecule has 148 valence electrons. The maximum atomic E-state index is 13.0. The van der Waals surface area contributed by atoms with Crippen LogP contribution in [0.5, 0.6) is 5.75 Å². The number of sulfonamides is 1. The van der Waals surface area contributed by atoms with Crippen molar-refractivity contribution in [3.63, 3.8) is 0 Å². The summed E-state index contributed by atoms with van der Waals surface area (Å²) in [5, 5.41) is 2.76. The van der Waals surface area contributed by atoms with Crippen molar-refractivity contribution in [1.82, 2.24) is 0 Å². The highest BCUT2D eigenvalue weighted by atomic mass is 32.2. The number of benzene rings is 3. The predicted molar refractivity (Wildman–Crippen MR) is 107 cm³/mol. The van der Waals surface area contributed by atoms with Crippen molar-refractivity contribution in [3.8, 4) is 5.75 Å². The summed E-state index contributed by atoms with van der Waals surface area (Å²) >= 11 is 0. The Bertz CT molecular complexity index is 1120. The van der Waals surface area contributed by atoms with E-state index in [1.165, 1.54) is 24.3 Å². The number of rotatable bonds is 5. The quantitative estimate of drug-likeness (QED) is 0.671. The number of para-hydroxylation sites is 1. The van der Waals surface area contributed by atoms with Gasteiger partial charge in [-0.15, -0.1) is 0 Å².